The summed E-state index contributed by atoms with van der Waals surface area (Å²) in [5.74, 6) is -2.03. The molecule has 1 aliphatic rings. The summed E-state index contributed by atoms with van der Waals surface area (Å²) in [6, 6.07) is 8.88. The molecule has 0 aliphatic carbocycles. The minimum Gasteiger partial charge on any atom is -0.277 e. The second-order valence-corrected chi connectivity index (χ2v) is 4.45. The summed E-state index contributed by atoms with van der Waals surface area (Å²) >= 11 is 0. The lowest BCUT2D eigenvalue weighted by atomic mass is 9.86. The van der Waals surface area contributed by atoms with Crippen LogP contribution in [0.2, 0.25) is 0 Å². The number of urea groups is 1. The molecule has 1 aromatic carbocycles. The van der Waals surface area contributed by atoms with E-state index in [0.717, 1.165) is 5.56 Å². The predicted octanol–water partition coefficient (Wildman–Crippen LogP) is 0.847. The fraction of sp³-hybridized carbons (Fsp3) is 0.308. The van der Waals surface area contributed by atoms with E-state index in [9.17, 15) is 14.4 Å². The maximum atomic E-state index is 11.7. The summed E-state index contributed by atoms with van der Waals surface area (Å²) < 4.78 is 0. The molecule has 1 fully saturated rings. The molecular formula is C13H14N2O3. The molecule has 18 heavy (non-hydrogen) atoms. The van der Waals surface area contributed by atoms with Gasteiger partial charge in [0.1, 0.15) is 5.92 Å². The van der Waals surface area contributed by atoms with Crippen molar-refractivity contribution in [3.05, 3.63) is 35.9 Å². The van der Waals surface area contributed by atoms with Gasteiger partial charge < -0.3 is 0 Å². The number of rotatable bonds is 3. The van der Waals surface area contributed by atoms with Gasteiger partial charge in [0.15, 0.2) is 0 Å². The maximum absolute atomic E-state index is 11.7. The molecule has 2 rings (SSSR count). The molecule has 5 heteroatoms. The third-order valence-electron chi connectivity index (χ3n) is 3.01. The Bertz CT molecular complexity index is 464. The van der Waals surface area contributed by atoms with Crippen LogP contribution in [0, 0.1) is 11.8 Å². The molecule has 1 saturated heterocycles. The molecule has 1 atom stereocenters. The van der Waals surface area contributed by atoms with E-state index < -0.39 is 23.8 Å². The van der Waals surface area contributed by atoms with Gasteiger partial charge in [-0.15, -0.1) is 0 Å². The van der Waals surface area contributed by atoms with Gasteiger partial charge in [-0.2, -0.15) is 0 Å². The van der Waals surface area contributed by atoms with Crippen LogP contribution in [0.3, 0.4) is 0 Å². The van der Waals surface area contributed by atoms with Crippen LogP contribution < -0.4 is 10.6 Å². The Hall–Kier alpha value is -2.17. The van der Waals surface area contributed by atoms with Gasteiger partial charge in [0, 0.05) is 0 Å². The number of hydrogen-bond donors (Lipinski definition) is 2. The zero-order valence-electron chi connectivity index (χ0n) is 9.97. The first-order valence-electron chi connectivity index (χ1n) is 5.77. The summed E-state index contributed by atoms with van der Waals surface area (Å²) in [4.78, 5) is 34.3. The molecule has 4 amide bonds. The summed E-state index contributed by atoms with van der Waals surface area (Å²) in [5, 5.41) is 4.23. The van der Waals surface area contributed by atoms with Crippen molar-refractivity contribution in [2.24, 2.45) is 11.8 Å². The van der Waals surface area contributed by atoms with Crippen molar-refractivity contribution in [1.29, 1.82) is 0 Å². The zero-order valence-corrected chi connectivity index (χ0v) is 9.97. The Morgan fingerprint density at radius 3 is 2.17 bits per heavy atom. The molecule has 0 bridgehead atoms. The average Bonchev–Trinajstić information content (AvgIpc) is 2.28. The van der Waals surface area contributed by atoms with Crippen LogP contribution in [0.25, 0.3) is 0 Å². The van der Waals surface area contributed by atoms with Gasteiger partial charge in [0.25, 0.3) is 0 Å². The van der Waals surface area contributed by atoms with E-state index in [4.69, 9.17) is 0 Å². The zero-order chi connectivity index (χ0) is 13.1. The number of hydrogen-bond acceptors (Lipinski definition) is 3. The molecule has 0 saturated carbocycles. The molecule has 1 aromatic rings. The number of amides is 4. The highest BCUT2D eigenvalue weighted by Gasteiger charge is 2.37. The second kappa shape index (κ2) is 5.00. The number of barbiturate groups is 1. The first-order chi connectivity index (χ1) is 8.58. The van der Waals surface area contributed by atoms with Crippen LogP contribution in [0.1, 0.15) is 12.5 Å². The van der Waals surface area contributed by atoms with E-state index >= 15 is 0 Å². The molecule has 1 aliphatic heterocycles. The lowest BCUT2D eigenvalue weighted by molar-refractivity contribution is -0.137. The fourth-order valence-corrected chi connectivity index (χ4v) is 2.15. The topological polar surface area (TPSA) is 75.3 Å². The summed E-state index contributed by atoms with van der Waals surface area (Å²) in [7, 11) is 0. The normalized spacial score (nSPS) is 18.2. The minimum absolute atomic E-state index is 0.166. The van der Waals surface area contributed by atoms with Crippen LogP contribution >= 0.6 is 0 Å². The van der Waals surface area contributed by atoms with Gasteiger partial charge in [-0.05, 0) is 17.9 Å². The summed E-state index contributed by atoms with van der Waals surface area (Å²) in [6.45, 7) is 1.83. The van der Waals surface area contributed by atoms with Crippen molar-refractivity contribution in [2.45, 2.75) is 13.3 Å². The van der Waals surface area contributed by atoms with Gasteiger partial charge in [0.2, 0.25) is 11.8 Å². The highest BCUT2D eigenvalue weighted by molar-refractivity contribution is 6.16. The number of carbonyl (C=O) groups is 3. The lowest BCUT2D eigenvalue weighted by Crippen LogP contribution is -2.57. The SMILES string of the molecule is C[C@@H](Cc1ccccc1)C1C(=O)NC(=O)NC1=O. The Labute approximate surface area is 105 Å². The molecule has 0 radical (unpaired) electrons. The van der Waals surface area contributed by atoms with Crippen LogP contribution in [-0.4, -0.2) is 17.8 Å². The van der Waals surface area contributed by atoms with Crippen LogP contribution in [0.4, 0.5) is 4.79 Å². The smallest absolute Gasteiger partial charge is 0.277 e. The van der Waals surface area contributed by atoms with Crippen LogP contribution in [-0.2, 0) is 16.0 Å². The third-order valence-corrected chi connectivity index (χ3v) is 3.01. The van der Waals surface area contributed by atoms with Gasteiger partial charge in [0.05, 0.1) is 0 Å². The van der Waals surface area contributed by atoms with Crippen molar-refractivity contribution in [2.75, 3.05) is 0 Å². The Morgan fingerprint density at radius 1 is 1.06 bits per heavy atom. The standard InChI is InChI=1S/C13H14N2O3/c1-8(7-9-5-3-2-4-6-9)10-11(16)14-13(18)15-12(10)17/h2-6,8,10H,7H2,1H3,(H2,14,15,16,17,18)/t8-/m0/s1. The third kappa shape index (κ3) is 2.56. The number of imide groups is 2. The van der Waals surface area contributed by atoms with Crippen molar-refractivity contribution >= 4 is 17.8 Å². The van der Waals surface area contributed by atoms with Gasteiger partial charge in [-0.3, -0.25) is 20.2 Å². The predicted molar refractivity (Wildman–Crippen MR) is 64.5 cm³/mol. The number of benzene rings is 1. The molecular weight excluding hydrogens is 232 g/mol. The Morgan fingerprint density at radius 2 is 1.61 bits per heavy atom. The quantitative estimate of drug-likeness (QED) is 0.776. The largest absolute Gasteiger partial charge is 0.328 e. The first kappa shape index (κ1) is 12.3. The first-order valence-corrected chi connectivity index (χ1v) is 5.77. The molecule has 5 nitrogen and oxygen atoms in total. The fourth-order valence-electron chi connectivity index (χ4n) is 2.15. The van der Waals surface area contributed by atoms with Gasteiger partial charge >= 0.3 is 6.03 Å². The summed E-state index contributed by atoms with van der Waals surface area (Å²) in [6.07, 6.45) is 0.612. The molecule has 1 heterocycles. The maximum Gasteiger partial charge on any atom is 0.328 e. The van der Waals surface area contributed by atoms with E-state index in [-0.39, 0.29) is 5.92 Å². The molecule has 2 N–H and O–H groups in total. The molecule has 0 unspecified atom stereocenters. The molecule has 94 valence electrons. The van der Waals surface area contributed by atoms with Crippen molar-refractivity contribution in [3.8, 4) is 0 Å². The van der Waals surface area contributed by atoms with Crippen molar-refractivity contribution in [1.82, 2.24) is 10.6 Å². The van der Waals surface area contributed by atoms with Crippen molar-refractivity contribution in [3.63, 3.8) is 0 Å². The van der Waals surface area contributed by atoms with E-state index in [2.05, 4.69) is 10.6 Å². The molecule has 0 spiro atoms. The Kier molecular flexibility index (Phi) is 3.41. The molecule has 0 aromatic heterocycles. The number of carbonyl (C=O) groups excluding carboxylic acids is 3. The van der Waals surface area contributed by atoms with E-state index in [1.54, 1.807) is 0 Å². The lowest BCUT2D eigenvalue weighted by Gasteiger charge is -2.25. The Balaban J connectivity index is 2.09. The van der Waals surface area contributed by atoms with Crippen LogP contribution in [0.15, 0.2) is 30.3 Å². The monoisotopic (exact) mass is 246 g/mol. The highest BCUT2D eigenvalue weighted by Crippen LogP contribution is 2.19. The highest BCUT2D eigenvalue weighted by atomic mass is 16.2. The van der Waals surface area contributed by atoms with E-state index in [1.165, 1.54) is 0 Å². The minimum atomic E-state index is -0.817. The summed E-state index contributed by atoms with van der Waals surface area (Å²) in [5.41, 5.74) is 1.06. The van der Waals surface area contributed by atoms with Crippen molar-refractivity contribution < 1.29 is 14.4 Å². The van der Waals surface area contributed by atoms with Crippen LogP contribution in [0.5, 0.6) is 0 Å². The average molecular weight is 246 g/mol. The van der Waals surface area contributed by atoms with Gasteiger partial charge in [-0.1, -0.05) is 37.3 Å². The van der Waals surface area contributed by atoms with E-state index in [0.29, 0.717) is 6.42 Å². The van der Waals surface area contributed by atoms with Gasteiger partial charge in [-0.25, -0.2) is 4.79 Å². The van der Waals surface area contributed by atoms with E-state index in [1.807, 2.05) is 37.3 Å². The number of nitrogens with one attached hydrogen (secondary N) is 2. The second-order valence-electron chi connectivity index (χ2n) is 4.45.